The molecule has 0 spiro atoms. The first-order valence-corrected chi connectivity index (χ1v) is 17.2. The fourth-order valence-electron chi connectivity index (χ4n) is 4.99. The summed E-state index contributed by atoms with van der Waals surface area (Å²) in [6.07, 6.45) is 3.65. The smallest absolute Gasteiger partial charge is 0.0892 e. The van der Waals surface area contributed by atoms with Crippen LogP contribution in [0.2, 0.25) is 19.6 Å². The lowest BCUT2D eigenvalue weighted by Gasteiger charge is -2.16. The molecule has 0 saturated carbocycles. The van der Waals surface area contributed by atoms with Crippen molar-refractivity contribution in [2.24, 2.45) is 0 Å². The number of nitrogens with zero attached hydrogens (tertiary/aromatic N) is 2. The molecule has 2 nitrogen and oxygen atoms in total. The van der Waals surface area contributed by atoms with Crippen LogP contribution >= 0.6 is 0 Å². The highest BCUT2D eigenvalue weighted by molar-refractivity contribution is 6.88. The maximum absolute atomic E-state index is 4.50. The average Bonchev–Trinajstić information content (AvgIpc) is 3.01. The monoisotopic (exact) mass is 532 g/mol. The van der Waals surface area contributed by atoms with Crippen molar-refractivity contribution in [1.29, 1.82) is 0 Å². The van der Waals surface area contributed by atoms with E-state index >= 15 is 0 Å². The van der Waals surface area contributed by atoms with Crippen LogP contribution in [-0.4, -0.2) is 18.0 Å². The van der Waals surface area contributed by atoms with Crippen LogP contribution in [-0.2, 0) is 0 Å². The summed E-state index contributed by atoms with van der Waals surface area (Å²) in [6.45, 7) is 7.16. The molecule has 0 amide bonds. The lowest BCUT2D eigenvalue weighted by atomic mass is 9.97. The maximum atomic E-state index is 4.50. The molecular formula is C37H32N2Si. The Balaban J connectivity index is 1.17. The Morgan fingerprint density at radius 2 is 0.775 bits per heavy atom. The summed E-state index contributed by atoms with van der Waals surface area (Å²) in [7, 11) is -1.28. The number of rotatable bonds is 6. The van der Waals surface area contributed by atoms with Crippen molar-refractivity contribution < 1.29 is 0 Å². The standard InChI is InChI=1S/C37H32N2Si/c1-40(2,3)35-21-19-32(20-22-35)31-13-11-28(12-14-31)27-7-9-29(10-8-27)30-15-17-33(18-16-30)34-23-25-39-37(26-34)36-6-4-5-24-38-36/h4-26H,1-3H3. The van der Waals surface area contributed by atoms with E-state index in [0.29, 0.717) is 0 Å². The molecule has 4 aromatic carbocycles. The molecule has 2 aromatic heterocycles. The van der Waals surface area contributed by atoms with Crippen molar-refractivity contribution in [3.63, 3.8) is 0 Å². The summed E-state index contributed by atoms with van der Waals surface area (Å²) in [5, 5.41) is 1.50. The lowest BCUT2D eigenvalue weighted by molar-refractivity contribution is 1.25. The number of aromatic nitrogens is 2. The van der Waals surface area contributed by atoms with Gasteiger partial charge in [0.15, 0.2) is 0 Å². The molecule has 0 bridgehead atoms. The maximum Gasteiger partial charge on any atom is 0.0892 e. The summed E-state index contributed by atoms with van der Waals surface area (Å²) >= 11 is 0. The first-order chi connectivity index (χ1) is 19.4. The fourth-order valence-corrected chi connectivity index (χ4v) is 6.16. The second kappa shape index (κ2) is 10.9. The van der Waals surface area contributed by atoms with E-state index in [1.165, 1.54) is 38.6 Å². The molecule has 3 heteroatoms. The first-order valence-electron chi connectivity index (χ1n) is 13.7. The Kier molecular flexibility index (Phi) is 6.98. The predicted molar refractivity (Wildman–Crippen MR) is 172 cm³/mol. The van der Waals surface area contributed by atoms with Crippen molar-refractivity contribution in [2.75, 3.05) is 0 Å². The third-order valence-corrected chi connectivity index (χ3v) is 9.49. The average molecular weight is 533 g/mol. The van der Waals surface area contributed by atoms with Gasteiger partial charge in [-0.3, -0.25) is 9.97 Å². The molecule has 0 aliphatic heterocycles. The summed E-state index contributed by atoms with van der Waals surface area (Å²) in [4.78, 5) is 8.94. The van der Waals surface area contributed by atoms with Crippen molar-refractivity contribution in [3.8, 4) is 55.9 Å². The minimum absolute atomic E-state index is 0.880. The Hall–Kier alpha value is -4.60. The Bertz CT molecular complexity index is 1720. The van der Waals surface area contributed by atoms with Gasteiger partial charge in [-0.25, -0.2) is 0 Å². The molecule has 0 aliphatic rings. The molecule has 0 N–H and O–H groups in total. The molecule has 0 unspecified atom stereocenters. The van der Waals surface area contributed by atoms with Crippen LogP contribution in [0.3, 0.4) is 0 Å². The van der Waals surface area contributed by atoms with Gasteiger partial charge in [0.2, 0.25) is 0 Å². The minimum atomic E-state index is -1.28. The Labute approximate surface area is 238 Å². The van der Waals surface area contributed by atoms with Crippen LogP contribution in [0.25, 0.3) is 55.9 Å². The van der Waals surface area contributed by atoms with Crippen molar-refractivity contribution in [1.82, 2.24) is 9.97 Å². The molecule has 0 radical (unpaired) electrons. The van der Waals surface area contributed by atoms with Gasteiger partial charge < -0.3 is 0 Å². The van der Waals surface area contributed by atoms with E-state index in [4.69, 9.17) is 0 Å². The van der Waals surface area contributed by atoms with Crippen molar-refractivity contribution in [3.05, 3.63) is 140 Å². The molecule has 6 rings (SSSR count). The molecule has 0 atom stereocenters. The van der Waals surface area contributed by atoms with Gasteiger partial charge in [-0.1, -0.05) is 128 Å². The van der Waals surface area contributed by atoms with Gasteiger partial charge in [0, 0.05) is 12.4 Å². The van der Waals surface area contributed by atoms with Crippen LogP contribution < -0.4 is 5.19 Å². The zero-order valence-corrected chi connectivity index (χ0v) is 24.2. The van der Waals surface area contributed by atoms with Gasteiger partial charge in [-0.2, -0.15) is 0 Å². The third-order valence-electron chi connectivity index (χ3n) is 7.43. The van der Waals surface area contributed by atoms with E-state index in [9.17, 15) is 0 Å². The Morgan fingerprint density at radius 3 is 1.18 bits per heavy atom. The molecule has 194 valence electrons. The van der Waals surface area contributed by atoms with E-state index in [0.717, 1.165) is 22.5 Å². The molecule has 6 aromatic rings. The first kappa shape index (κ1) is 25.7. The van der Waals surface area contributed by atoms with Gasteiger partial charge in [-0.15, -0.1) is 0 Å². The van der Waals surface area contributed by atoms with Crippen LogP contribution in [0, 0.1) is 0 Å². The summed E-state index contributed by atoms with van der Waals surface area (Å²) in [6, 6.07) is 45.6. The van der Waals surface area contributed by atoms with Gasteiger partial charge >= 0.3 is 0 Å². The molecule has 0 saturated heterocycles. The fraction of sp³-hybridized carbons (Fsp3) is 0.0811. The summed E-state index contributed by atoms with van der Waals surface area (Å²) < 4.78 is 0. The van der Waals surface area contributed by atoms with E-state index in [-0.39, 0.29) is 0 Å². The predicted octanol–water partition coefficient (Wildman–Crippen LogP) is 9.36. The number of hydrogen-bond donors (Lipinski definition) is 0. The van der Waals surface area contributed by atoms with E-state index in [1.54, 1.807) is 6.20 Å². The van der Waals surface area contributed by atoms with Crippen LogP contribution in [0.5, 0.6) is 0 Å². The normalized spacial score (nSPS) is 11.4. The topological polar surface area (TPSA) is 25.8 Å². The van der Waals surface area contributed by atoms with Crippen LogP contribution in [0.1, 0.15) is 0 Å². The van der Waals surface area contributed by atoms with E-state index in [1.807, 2.05) is 30.5 Å². The van der Waals surface area contributed by atoms with Crippen molar-refractivity contribution in [2.45, 2.75) is 19.6 Å². The number of pyridine rings is 2. The summed E-state index contributed by atoms with van der Waals surface area (Å²) in [5.41, 5.74) is 11.4. The Morgan fingerprint density at radius 1 is 0.375 bits per heavy atom. The molecule has 0 aliphatic carbocycles. The van der Waals surface area contributed by atoms with E-state index < -0.39 is 8.07 Å². The highest BCUT2D eigenvalue weighted by atomic mass is 28.3. The quantitative estimate of drug-likeness (QED) is 0.200. The largest absolute Gasteiger partial charge is 0.255 e. The molecule has 2 heterocycles. The zero-order chi connectivity index (χ0) is 27.5. The van der Waals surface area contributed by atoms with Crippen LogP contribution in [0.15, 0.2) is 140 Å². The minimum Gasteiger partial charge on any atom is -0.255 e. The SMILES string of the molecule is C[Si](C)(C)c1ccc(-c2ccc(-c3ccc(-c4ccc(-c5ccnc(-c6ccccn6)c5)cc4)cc3)cc2)cc1. The van der Waals surface area contributed by atoms with Crippen molar-refractivity contribution >= 4 is 13.3 Å². The molecule has 0 fully saturated rings. The number of benzene rings is 4. The highest BCUT2D eigenvalue weighted by Crippen LogP contribution is 2.30. The second-order valence-electron chi connectivity index (χ2n) is 11.2. The van der Waals surface area contributed by atoms with Gasteiger partial charge in [0.05, 0.1) is 19.5 Å². The highest BCUT2D eigenvalue weighted by Gasteiger charge is 2.15. The van der Waals surface area contributed by atoms with Gasteiger partial charge in [0.1, 0.15) is 0 Å². The molecular weight excluding hydrogens is 501 g/mol. The third kappa shape index (κ3) is 5.56. The zero-order valence-electron chi connectivity index (χ0n) is 23.2. The van der Waals surface area contributed by atoms with Gasteiger partial charge in [0.25, 0.3) is 0 Å². The number of hydrogen-bond acceptors (Lipinski definition) is 2. The van der Waals surface area contributed by atoms with Crippen LogP contribution in [0.4, 0.5) is 0 Å². The summed E-state index contributed by atoms with van der Waals surface area (Å²) in [5.74, 6) is 0. The lowest BCUT2D eigenvalue weighted by Crippen LogP contribution is -2.37. The molecule has 40 heavy (non-hydrogen) atoms. The second-order valence-corrected chi connectivity index (χ2v) is 16.3. The van der Waals surface area contributed by atoms with E-state index in [2.05, 4.69) is 133 Å². The van der Waals surface area contributed by atoms with Gasteiger partial charge in [-0.05, 0) is 68.8 Å².